The van der Waals surface area contributed by atoms with Gasteiger partial charge in [-0.25, -0.2) is 0 Å². The van der Waals surface area contributed by atoms with Crippen molar-refractivity contribution in [2.45, 2.75) is 30.5 Å². The minimum Gasteiger partial charge on any atom is -0.330 e. The molecule has 0 saturated carbocycles. The van der Waals surface area contributed by atoms with Crippen LogP contribution in [0.3, 0.4) is 0 Å². The van der Waals surface area contributed by atoms with Crippen LogP contribution in [-0.4, -0.2) is 11.4 Å². The zero-order chi connectivity index (χ0) is 7.11. The largest absolute Gasteiger partial charge is 0.330 e. The van der Waals surface area contributed by atoms with Crippen LogP contribution in [0.2, 0.25) is 0 Å². The van der Waals surface area contributed by atoms with E-state index in [-0.39, 0.29) is 4.84 Å². The van der Waals surface area contributed by atoms with Crippen LogP contribution in [0.5, 0.6) is 0 Å². The van der Waals surface area contributed by atoms with Crippen LogP contribution in [0.25, 0.3) is 0 Å². The second kappa shape index (κ2) is 6.66. The molecule has 0 aromatic rings. The van der Waals surface area contributed by atoms with Crippen LogP contribution in [0.4, 0.5) is 0 Å². The molecule has 3 heteroatoms. The predicted octanol–water partition coefficient (Wildman–Crippen LogP) is 2.31. The molecule has 0 fully saturated rings. The van der Waals surface area contributed by atoms with Crippen molar-refractivity contribution >= 4 is 23.2 Å². The van der Waals surface area contributed by atoms with Crippen molar-refractivity contribution in [1.29, 1.82) is 0 Å². The van der Waals surface area contributed by atoms with E-state index in [0.717, 1.165) is 32.2 Å². The molecular weight excluding hydrogens is 157 g/mol. The summed E-state index contributed by atoms with van der Waals surface area (Å²) in [7, 11) is 0. The average molecular weight is 170 g/mol. The van der Waals surface area contributed by atoms with Crippen molar-refractivity contribution in [3.8, 4) is 0 Å². The Hall–Kier alpha value is 0.540. The highest BCUT2D eigenvalue weighted by molar-refractivity contribution is 6.44. The van der Waals surface area contributed by atoms with Crippen LogP contribution < -0.4 is 5.73 Å². The van der Waals surface area contributed by atoms with Gasteiger partial charge in [0.05, 0.1) is 0 Å². The van der Waals surface area contributed by atoms with Gasteiger partial charge < -0.3 is 5.73 Å². The number of hydrogen-bond donors (Lipinski definition) is 1. The first-order valence-electron chi connectivity index (χ1n) is 3.25. The Bertz CT molecular complexity index is 57.0. The molecule has 2 N–H and O–H groups in total. The molecule has 9 heavy (non-hydrogen) atoms. The molecule has 0 aliphatic rings. The molecule has 0 aliphatic carbocycles. The number of unbranched alkanes of at least 4 members (excludes halogenated alkanes) is 2. The zero-order valence-corrected chi connectivity index (χ0v) is 6.96. The maximum absolute atomic E-state index is 5.49. The minimum absolute atomic E-state index is 0.192. The molecule has 0 amide bonds. The highest BCUT2D eigenvalue weighted by atomic mass is 35.5. The van der Waals surface area contributed by atoms with Crippen molar-refractivity contribution in [2.24, 2.45) is 5.73 Å². The second-order valence-electron chi connectivity index (χ2n) is 2.03. The van der Waals surface area contributed by atoms with Gasteiger partial charge in [-0.05, 0) is 19.4 Å². The molecule has 0 atom stereocenters. The first-order chi connectivity index (χ1) is 4.27. The summed E-state index contributed by atoms with van der Waals surface area (Å²) in [6.45, 7) is 0.773. The van der Waals surface area contributed by atoms with Crippen molar-refractivity contribution < 1.29 is 0 Å². The van der Waals surface area contributed by atoms with E-state index in [1.54, 1.807) is 0 Å². The molecule has 0 saturated heterocycles. The van der Waals surface area contributed by atoms with Gasteiger partial charge in [0.1, 0.15) is 4.84 Å². The molecule has 0 rings (SSSR count). The maximum Gasteiger partial charge on any atom is 0.107 e. The minimum atomic E-state index is -0.192. The van der Waals surface area contributed by atoms with Crippen LogP contribution in [0, 0.1) is 0 Å². The summed E-state index contributed by atoms with van der Waals surface area (Å²) >= 11 is 11.0. The summed E-state index contributed by atoms with van der Waals surface area (Å²) in [4.78, 5) is -0.192. The Labute approximate surface area is 66.5 Å². The Morgan fingerprint density at radius 1 is 1.11 bits per heavy atom. The molecule has 0 aromatic carbocycles. The van der Waals surface area contributed by atoms with Gasteiger partial charge in [-0.15, -0.1) is 23.2 Å². The number of alkyl halides is 2. The Balaban J connectivity index is 2.75. The molecule has 0 unspecified atom stereocenters. The lowest BCUT2D eigenvalue weighted by Gasteiger charge is -1.98. The normalized spacial score (nSPS) is 10.7. The van der Waals surface area contributed by atoms with E-state index >= 15 is 0 Å². The Kier molecular flexibility index (Phi) is 7.06. The lowest BCUT2D eigenvalue weighted by atomic mass is 10.2. The molecule has 0 bridgehead atoms. The highest BCUT2D eigenvalue weighted by Crippen LogP contribution is 2.11. The monoisotopic (exact) mass is 169 g/mol. The van der Waals surface area contributed by atoms with Gasteiger partial charge in [-0.3, -0.25) is 0 Å². The molecule has 1 nitrogen and oxygen atoms in total. The summed E-state index contributed by atoms with van der Waals surface area (Å²) in [5.41, 5.74) is 5.28. The standard InChI is InChI=1S/C6H13Cl2N/c7-6(8)4-2-1-3-5-9/h6H,1-5,9H2. The summed E-state index contributed by atoms with van der Waals surface area (Å²) < 4.78 is 0. The van der Waals surface area contributed by atoms with Gasteiger partial charge in [0.15, 0.2) is 0 Å². The van der Waals surface area contributed by atoms with Crippen molar-refractivity contribution in [3.63, 3.8) is 0 Å². The number of hydrogen-bond acceptors (Lipinski definition) is 1. The fraction of sp³-hybridized carbons (Fsp3) is 1.00. The van der Waals surface area contributed by atoms with E-state index in [1.807, 2.05) is 0 Å². The number of rotatable bonds is 5. The molecular formula is C6H13Cl2N. The van der Waals surface area contributed by atoms with Gasteiger partial charge in [0.25, 0.3) is 0 Å². The first-order valence-corrected chi connectivity index (χ1v) is 4.13. The third-order valence-electron chi connectivity index (χ3n) is 1.13. The topological polar surface area (TPSA) is 26.0 Å². The number of halogens is 2. The van der Waals surface area contributed by atoms with Crippen molar-refractivity contribution in [3.05, 3.63) is 0 Å². The van der Waals surface area contributed by atoms with Gasteiger partial charge in [0, 0.05) is 0 Å². The Morgan fingerprint density at radius 3 is 2.22 bits per heavy atom. The van der Waals surface area contributed by atoms with Crippen molar-refractivity contribution in [2.75, 3.05) is 6.54 Å². The van der Waals surface area contributed by atoms with E-state index < -0.39 is 0 Å². The summed E-state index contributed by atoms with van der Waals surface area (Å²) in [6.07, 6.45) is 4.21. The summed E-state index contributed by atoms with van der Waals surface area (Å²) in [5.74, 6) is 0. The molecule has 0 spiro atoms. The highest BCUT2D eigenvalue weighted by Gasteiger charge is 1.96. The van der Waals surface area contributed by atoms with E-state index in [2.05, 4.69) is 0 Å². The van der Waals surface area contributed by atoms with E-state index in [1.165, 1.54) is 0 Å². The van der Waals surface area contributed by atoms with E-state index in [9.17, 15) is 0 Å². The molecule has 0 aromatic heterocycles. The van der Waals surface area contributed by atoms with Crippen molar-refractivity contribution in [1.82, 2.24) is 0 Å². The summed E-state index contributed by atoms with van der Waals surface area (Å²) in [6, 6.07) is 0. The fourth-order valence-corrected chi connectivity index (χ4v) is 0.928. The SMILES string of the molecule is NCCCCCC(Cl)Cl. The summed E-state index contributed by atoms with van der Waals surface area (Å²) in [5, 5.41) is 0. The van der Waals surface area contributed by atoms with Crippen LogP contribution in [0.15, 0.2) is 0 Å². The van der Waals surface area contributed by atoms with Crippen LogP contribution >= 0.6 is 23.2 Å². The number of nitrogens with two attached hydrogens (primary N) is 1. The van der Waals surface area contributed by atoms with Gasteiger partial charge >= 0.3 is 0 Å². The molecule has 56 valence electrons. The second-order valence-corrected chi connectivity index (χ2v) is 3.31. The van der Waals surface area contributed by atoms with E-state index in [4.69, 9.17) is 28.9 Å². The quantitative estimate of drug-likeness (QED) is 0.497. The van der Waals surface area contributed by atoms with Gasteiger partial charge in [0.2, 0.25) is 0 Å². The molecule has 0 aliphatic heterocycles. The van der Waals surface area contributed by atoms with Gasteiger partial charge in [-0.1, -0.05) is 12.8 Å². The first kappa shape index (κ1) is 9.54. The zero-order valence-electron chi connectivity index (χ0n) is 5.45. The van der Waals surface area contributed by atoms with Crippen LogP contribution in [-0.2, 0) is 0 Å². The predicted molar refractivity (Wildman–Crippen MR) is 43.0 cm³/mol. The smallest absolute Gasteiger partial charge is 0.107 e. The molecule has 0 radical (unpaired) electrons. The lowest BCUT2D eigenvalue weighted by Crippen LogP contribution is -1.98. The third kappa shape index (κ3) is 8.54. The Morgan fingerprint density at radius 2 is 1.78 bits per heavy atom. The van der Waals surface area contributed by atoms with Gasteiger partial charge in [-0.2, -0.15) is 0 Å². The molecule has 0 heterocycles. The van der Waals surface area contributed by atoms with Crippen LogP contribution in [0.1, 0.15) is 25.7 Å². The average Bonchev–Trinajstić information content (AvgIpc) is 1.80. The fourth-order valence-electron chi connectivity index (χ4n) is 0.620. The van der Waals surface area contributed by atoms with E-state index in [0.29, 0.717) is 0 Å². The lowest BCUT2D eigenvalue weighted by molar-refractivity contribution is 0.667. The maximum atomic E-state index is 5.49. The third-order valence-corrected chi connectivity index (χ3v) is 1.56.